The minimum absolute atomic E-state index is 0.0151. The summed E-state index contributed by atoms with van der Waals surface area (Å²) in [5, 5.41) is 8.16. The van der Waals surface area contributed by atoms with E-state index in [0.717, 1.165) is 5.70 Å². The molecule has 2 aliphatic rings. The van der Waals surface area contributed by atoms with E-state index in [1.807, 2.05) is 30.5 Å². The first-order valence-corrected chi connectivity index (χ1v) is 11.6. The van der Waals surface area contributed by atoms with Crippen molar-refractivity contribution in [3.63, 3.8) is 0 Å². The van der Waals surface area contributed by atoms with Crippen LogP contribution in [0.2, 0.25) is 0 Å². The average molecular weight is 460 g/mol. The number of benzene rings is 1. The number of anilines is 1. The van der Waals surface area contributed by atoms with Gasteiger partial charge in [-0.2, -0.15) is 0 Å². The predicted octanol–water partition coefficient (Wildman–Crippen LogP) is 5.28. The highest BCUT2D eigenvalue weighted by molar-refractivity contribution is 7.10. The standard InChI is InChI=1S/C26H22FN3O2S/c1-15-23(26(32)30-18-7-4-6-17(27)14-18)25(19-8-2-3-10-28-19)24-20(29-15)12-16(13-21(24)31)22-9-5-11-33-22/h2-11,14,16,25,29H,12-13H2,1H3,(H,30,32)/t16-,25+/m0/s1. The molecule has 1 aliphatic heterocycles. The molecule has 3 heterocycles. The number of halogens is 1. The van der Waals surface area contributed by atoms with Crippen LogP contribution in [0.15, 0.2) is 88.7 Å². The Morgan fingerprint density at radius 3 is 2.76 bits per heavy atom. The van der Waals surface area contributed by atoms with Gasteiger partial charge < -0.3 is 10.6 Å². The lowest BCUT2D eigenvalue weighted by Crippen LogP contribution is -2.37. The summed E-state index contributed by atoms with van der Waals surface area (Å²) in [6.45, 7) is 1.83. The molecular formula is C26H22FN3O2S. The number of aromatic nitrogens is 1. The summed E-state index contributed by atoms with van der Waals surface area (Å²) < 4.78 is 13.7. The van der Waals surface area contributed by atoms with Crippen molar-refractivity contribution in [1.82, 2.24) is 10.3 Å². The molecule has 166 valence electrons. The zero-order valence-corrected chi connectivity index (χ0v) is 18.8. The van der Waals surface area contributed by atoms with Gasteiger partial charge in [-0.05, 0) is 55.1 Å². The quantitative estimate of drug-likeness (QED) is 0.557. The summed E-state index contributed by atoms with van der Waals surface area (Å²) >= 11 is 1.65. The van der Waals surface area contributed by atoms with E-state index in [4.69, 9.17) is 0 Å². The molecule has 7 heteroatoms. The Morgan fingerprint density at radius 1 is 1.15 bits per heavy atom. The summed E-state index contributed by atoms with van der Waals surface area (Å²) in [7, 11) is 0. The summed E-state index contributed by atoms with van der Waals surface area (Å²) in [5.74, 6) is -1.28. The number of nitrogens with one attached hydrogen (secondary N) is 2. The highest BCUT2D eigenvalue weighted by Gasteiger charge is 2.41. The number of hydrogen-bond acceptors (Lipinski definition) is 5. The molecule has 5 rings (SSSR count). The number of nitrogens with zero attached hydrogens (tertiary/aromatic N) is 1. The first-order chi connectivity index (χ1) is 16.0. The van der Waals surface area contributed by atoms with Crippen LogP contribution in [-0.2, 0) is 9.59 Å². The molecule has 0 bridgehead atoms. The SMILES string of the molecule is CC1=C(C(=O)Nc2cccc(F)c2)[C@@H](c2ccccn2)C2=C(C[C@H](c3cccs3)CC2=O)N1. The monoisotopic (exact) mass is 459 g/mol. The van der Waals surface area contributed by atoms with E-state index in [1.54, 1.807) is 29.7 Å². The van der Waals surface area contributed by atoms with E-state index < -0.39 is 11.7 Å². The van der Waals surface area contributed by atoms with Gasteiger partial charge in [-0.25, -0.2) is 4.39 Å². The van der Waals surface area contributed by atoms with Gasteiger partial charge in [0.05, 0.1) is 11.6 Å². The van der Waals surface area contributed by atoms with Crippen LogP contribution >= 0.6 is 11.3 Å². The Morgan fingerprint density at radius 2 is 2.03 bits per heavy atom. The van der Waals surface area contributed by atoms with Crippen molar-refractivity contribution >= 4 is 28.7 Å². The maximum Gasteiger partial charge on any atom is 0.254 e. The molecule has 5 nitrogen and oxygen atoms in total. The Balaban J connectivity index is 1.55. The van der Waals surface area contributed by atoms with Crippen LogP contribution in [0.3, 0.4) is 0 Å². The molecule has 0 fully saturated rings. The summed E-state index contributed by atoms with van der Waals surface area (Å²) in [5.41, 5.74) is 3.51. The van der Waals surface area contributed by atoms with Crippen molar-refractivity contribution in [3.05, 3.63) is 105 Å². The molecule has 33 heavy (non-hydrogen) atoms. The van der Waals surface area contributed by atoms with Gasteiger partial charge in [-0.15, -0.1) is 11.3 Å². The third-order valence-corrected chi connectivity index (χ3v) is 7.12. The summed E-state index contributed by atoms with van der Waals surface area (Å²) in [4.78, 5) is 32.6. The molecule has 1 aromatic carbocycles. The second kappa shape index (κ2) is 8.75. The van der Waals surface area contributed by atoms with Gasteiger partial charge in [0, 0.05) is 51.6 Å². The normalized spacial score (nSPS) is 20.4. The van der Waals surface area contributed by atoms with Gasteiger partial charge >= 0.3 is 0 Å². The lowest BCUT2D eigenvalue weighted by Gasteiger charge is -2.36. The van der Waals surface area contributed by atoms with Crippen LogP contribution in [0.5, 0.6) is 0 Å². The molecule has 0 saturated heterocycles. The minimum atomic E-state index is -0.590. The fraction of sp³-hybridized carbons (Fsp3) is 0.192. The maximum absolute atomic E-state index is 13.7. The molecule has 1 amide bonds. The van der Waals surface area contributed by atoms with E-state index >= 15 is 0 Å². The number of thiophene rings is 1. The fourth-order valence-electron chi connectivity index (χ4n) is 4.67. The van der Waals surface area contributed by atoms with Gasteiger partial charge in [-0.1, -0.05) is 18.2 Å². The smallest absolute Gasteiger partial charge is 0.254 e. The second-order valence-electron chi connectivity index (χ2n) is 8.25. The number of pyridine rings is 1. The number of Topliss-reactive ketones (excluding diaryl/α,β-unsaturated/α-hetero) is 1. The van der Waals surface area contributed by atoms with Crippen LogP contribution in [0.25, 0.3) is 0 Å². The summed E-state index contributed by atoms with van der Waals surface area (Å²) in [6, 6.07) is 15.3. The van der Waals surface area contributed by atoms with Crippen molar-refractivity contribution in [2.24, 2.45) is 0 Å². The van der Waals surface area contributed by atoms with Gasteiger partial charge in [-0.3, -0.25) is 14.6 Å². The van der Waals surface area contributed by atoms with Gasteiger partial charge in [0.25, 0.3) is 5.91 Å². The van der Waals surface area contributed by atoms with E-state index in [1.165, 1.54) is 23.1 Å². The van der Waals surface area contributed by atoms with Crippen LogP contribution in [0.1, 0.15) is 42.2 Å². The topological polar surface area (TPSA) is 71.1 Å². The average Bonchev–Trinajstić information content (AvgIpc) is 3.33. The zero-order valence-electron chi connectivity index (χ0n) is 18.0. The molecule has 3 aromatic rings. The van der Waals surface area contributed by atoms with Crippen molar-refractivity contribution in [1.29, 1.82) is 0 Å². The zero-order chi connectivity index (χ0) is 22.9. The van der Waals surface area contributed by atoms with Crippen molar-refractivity contribution in [2.75, 3.05) is 5.32 Å². The number of rotatable bonds is 4. The maximum atomic E-state index is 13.7. The van der Waals surface area contributed by atoms with Crippen molar-refractivity contribution in [2.45, 2.75) is 31.6 Å². The summed E-state index contributed by atoms with van der Waals surface area (Å²) in [6.07, 6.45) is 2.75. The van der Waals surface area contributed by atoms with Crippen molar-refractivity contribution < 1.29 is 14.0 Å². The highest BCUT2D eigenvalue weighted by Crippen LogP contribution is 2.45. The number of carbonyl (C=O) groups excluding carboxylic acids is 2. The largest absolute Gasteiger partial charge is 0.362 e. The first-order valence-electron chi connectivity index (χ1n) is 10.8. The fourth-order valence-corrected chi connectivity index (χ4v) is 5.50. The number of ketones is 1. The number of amides is 1. The lowest BCUT2D eigenvalue weighted by atomic mass is 9.73. The molecular weight excluding hydrogens is 437 g/mol. The highest BCUT2D eigenvalue weighted by atomic mass is 32.1. The Hall–Kier alpha value is -3.58. The number of allylic oxidation sites excluding steroid dienone is 3. The Kier molecular flexibility index (Phi) is 5.64. The molecule has 0 unspecified atom stereocenters. The molecule has 2 aromatic heterocycles. The van der Waals surface area contributed by atoms with Crippen molar-refractivity contribution in [3.8, 4) is 0 Å². The van der Waals surface area contributed by atoms with E-state index in [9.17, 15) is 14.0 Å². The van der Waals surface area contributed by atoms with E-state index in [0.29, 0.717) is 41.1 Å². The Labute approximate surface area is 195 Å². The van der Waals surface area contributed by atoms with Gasteiger partial charge in [0.1, 0.15) is 5.82 Å². The van der Waals surface area contributed by atoms with Gasteiger partial charge in [0.2, 0.25) is 0 Å². The number of dihydropyridines is 1. The second-order valence-corrected chi connectivity index (χ2v) is 9.23. The van der Waals surface area contributed by atoms with Crippen LogP contribution in [0, 0.1) is 5.82 Å². The number of carbonyl (C=O) groups is 2. The van der Waals surface area contributed by atoms with Crippen LogP contribution < -0.4 is 10.6 Å². The van der Waals surface area contributed by atoms with E-state index in [-0.39, 0.29) is 17.6 Å². The minimum Gasteiger partial charge on any atom is -0.362 e. The molecule has 0 radical (unpaired) electrons. The molecule has 2 N–H and O–H groups in total. The Bertz CT molecular complexity index is 1280. The first kappa shape index (κ1) is 21.3. The molecule has 2 atom stereocenters. The molecule has 0 saturated carbocycles. The molecule has 1 aliphatic carbocycles. The third-order valence-electron chi connectivity index (χ3n) is 6.08. The van der Waals surface area contributed by atoms with E-state index in [2.05, 4.69) is 21.7 Å². The van der Waals surface area contributed by atoms with Gasteiger partial charge in [0.15, 0.2) is 5.78 Å². The lowest BCUT2D eigenvalue weighted by molar-refractivity contribution is -0.116. The third kappa shape index (κ3) is 4.12. The molecule has 0 spiro atoms. The number of hydrogen-bond donors (Lipinski definition) is 2. The van der Waals surface area contributed by atoms with Crippen LogP contribution in [-0.4, -0.2) is 16.7 Å². The predicted molar refractivity (Wildman–Crippen MR) is 126 cm³/mol. The van der Waals surface area contributed by atoms with Crippen LogP contribution in [0.4, 0.5) is 10.1 Å².